The lowest BCUT2D eigenvalue weighted by atomic mass is 10.1. The normalized spacial score (nSPS) is 30.6. The number of aliphatic hydroxyl groups is 3. The van der Waals surface area contributed by atoms with Gasteiger partial charge in [-0.05, 0) is 0 Å². The number of hydrazone groups is 1. The molecule has 1 saturated heterocycles. The zero-order valence-corrected chi connectivity index (χ0v) is 9.08. The van der Waals surface area contributed by atoms with Crippen LogP contribution >= 0.6 is 0 Å². The lowest BCUT2D eigenvalue weighted by molar-refractivity contribution is -0.742. The van der Waals surface area contributed by atoms with Gasteiger partial charge in [0.25, 0.3) is 5.09 Å². The Balaban J connectivity index is 0.000000631. The standard InChI is InChI=1S/C6H14N4O4.HNO3/c7-6(8)10-9-5-4(13)3(12)2(11)1-14-5;2-1(3)4/h2-5,9,11-13H,1H2,(H4,7,8,10);(H,2,3,4)/t2-,3-,4+,5-;/m1./s1. The molecule has 9 N–H and O–H groups in total. The first-order chi connectivity index (χ1) is 8.25. The topological polar surface area (TPSA) is 210 Å². The van der Waals surface area contributed by atoms with Crippen LogP contribution in [-0.2, 0) is 4.74 Å². The summed E-state index contributed by atoms with van der Waals surface area (Å²) in [5.74, 6) is -0.221. The van der Waals surface area contributed by atoms with Crippen LogP contribution in [0.5, 0.6) is 0 Å². The Morgan fingerprint density at radius 2 is 1.89 bits per heavy atom. The van der Waals surface area contributed by atoms with Crippen molar-refractivity contribution in [3.63, 3.8) is 0 Å². The Bertz CT molecular complexity index is 292. The van der Waals surface area contributed by atoms with Gasteiger partial charge in [-0.15, -0.1) is 15.2 Å². The van der Waals surface area contributed by atoms with Crippen LogP contribution in [0, 0.1) is 10.1 Å². The van der Waals surface area contributed by atoms with Crippen molar-refractivity contribution in [3.05, 3.63) is 10.1 Å². The van der Waals surface area contributed by atoms with Crippen molar-refractivity contribution < 1.29 is 30.4 Å². The molecular formula is C6H15N5O7. The van der Waals surface area contributed by atoms with Gasteiger partial charge in [-0.1, -0.05) is 0 Å². The van der Waals surface area contributed by atoms with Crippen LogP contribution in [0.4, 0.5) is 0 Å². The number of rotatable bonds is 2. The van der Waals surface area contributed by atoms with Crippen molar-refractivity contribution in [2.45, 2.75) is 24.5 Å². The summed E-state index contributed by atoms with van der Waals surface area (Å²) in [6, 6.07) is 0. The Morgan fingerprint density at radius 1 is 1.39 bits per heavy atom. The van der Waals surface area contributed by atoms with E-state index in [-0.39, 0.29) is 12.6 Å². The average Bonchev–Trinajstić information content (AvgIpc) is 2.24. The smallest absolute Gasteiger partial charge is 0.291 e. The van der Waals surface area contributed by atoms with Gasteiger partial charge < -0.3 is 36.7 Å². The molecule has 0 radical (unpaired) electrons. The van der Waals surface area contributed by atoms with Crippen LogP contribution in [0.25, 0.3) is 0 Å². The molecule has 0 aromatic carbocycles. The highest BCUT2D eigenvalue weighted by Crippen LogP contribution is 2.13. The first-order valence-corrected chi connectivity index (χ1v) is 4.59. The SMILES string of the molecule is NC(N)=NN[C@@H]1OC[C@@H](O)[C@@H](O)[C@@H]1O.O=[N+]([O-])O. The van der Waals surface area contributed by atoms with Crippen LogP contribution in [0.2, 0.25) is 0 Å². The van der Waals surface area contributed by atoms with Gasteiger partial charge in [0, 0.05) is 0 Å². The highest BCUT2D eigenvalue weighted by molar-refractivity contribution is 5.75. The molecule has 1 fully saturated rings. The van der Waals surface area contributed by atoms with Gasteiger partial charge >= 0.3 is 0 Å². The lowest BCUT2D eigenvalue weighted by Crippen LogP contribution is -2.57. The molecule has 1 heterocycles. The fraction of sp³-hybridized carbons (Fsp3) is 0.833. The van der Waals surface area contributed by atoms with Crippen LogP contribution in [0.15, 0.2) is 5.10 Å². The van der Waals surface area contributed by atoms with E-state index in [0.29, 0.717) is 0 Å². The first-order valence-electron chi connectivity index (χ1n) is 4.59. The fourth-order valence-electron chi connectivity index (χ4n) is 1.06. The fourth-order valence-corrected chi connectivity index (χ4v) is 1.06. The zero-order chi connectivity index (χ0) is 14.3. The number of hydrogen-bond donors (Lipinski definition) is 7. The van der Waals surface area contributed by atoms with E-state index < -0.39 is 29.6 Å². The molecule has 1 aliphatic heterocycles. The Labute approximate surface area is 101 Å². The largest absolute Gasteiger partial charge is 0.388 e. The molecule has 0 bridgehead atoms. The molecule has 0 spiro atoms. The third-order valence-electron chi connectivity index (χ3n) is 1.82. The average molecular weight is 269 g/mol. The highest BCUT2D eigenvalue weighted by Gasteiger charge is 2.37. The van der Waals surface area contributed by atoms with Crippen molar-refractivity contribution in [2.75, 3.05) is 6.61 Å². The van der Waals surface area contributed by atoms with Gasteiger partial charge in [0.1, 0.15) is 18.3 Å². The second kappa shape index (κ2) is 7.44. The molecule has 18 heavy (non-hydrogen) atoms. The summed E-state index contributed by atoms with van der Waals surface area (Å²) in [7, 11) is 0. The molecule has 0 aromatic heterocycles. The van der Waals surface area contributed by atoms with Gasteiger partial charge in [0.15, 0.2) is 6.23 Å². The summed E-state index contributed by atoms with van der Waals surface area (Å²) >= 11 is 0. The van der Waals surface area contributed by atoms with Crippen LogP contribution in [-0.4, -0.2) is 62.7 Å². The number of hydrogen-bond acceptors (Lipinski definition) is 8. The molecule has 12 heteroatoms. The van der Waals surface area contributed by atoms with Gasteiger partial charge in [0.2, 0.25) is 5.96 Å². The van der Waals surface area contributed by atoms with E-state index in [2.05, 4.69) is 10.5 Å². The van der Waals surface area contributed by atoms with E-state index in [1.807, 2.05) is 0 Å². The maximum atomic E-state index is 9.37. The van der Waals surface area contributed by atoms with Gasteiger partial charge in [-0.25, -0.2) is 0 Å². The first kappa shape index (κ1) is 16.1. The van der Waals surface area contributed by atoms with Gasteiger partial charge in [0.05, 0.1) is 6.61 Å². The Hall–Kier alpha value is -1.89. The second-order valence-electron chi connectivity index (χ2n) is 3.21. The van der Waals surface area contributed by atoms with Gasteiger partial charge in [-0.2, -0.15) is 0 Å². The summed E-state index contributed by atoms with van der Waals surface area (Å²) in [6.45, 7) is -0.101. The molecule has 0 amide bonds. The minimum Gasteiger partial charge on any atom is -0.388 e. The Morgan fingerprint density at radius 3 is 2.33 bits per heavy atom. The molecule has 0 aliphatic carbocycles. The second-order valence-corrected chi connectivity index (χ2v) is 3.21. The summed E-state index contributed by atoms with van der Waals surface area (Å²) in [4.78, 5) is 8.36. The zero-order valence-electron chi connectivity index (χ0n) is 9.08. The van der Waals surface area contributed by atoms with Crippen LogP contribution < -0.4 is 16.9 Å². The van der Waals surface area contributed by atoms with Crippen LogP contribution in [0.1, 0.15) is 0 Å². The predicted octanol–water partition coefficient (Wildman–Crippen LogP) is -4.14. The maximum Gasteiger partial charge on any atom is 0.291 e. The van der Waals surface area contributed by atoms with E-state index in [9.17, 15) is 10.2 Å². The third-order valence-corrected chi connectivity index (χ3v) is 1.82. The molecule has 12 nitrogen and oxygen atoms in total. The number of guanidine groups is 1. The number of nitrogens with zero attached hydrogens (tertiary/aromatic N) is 2. The van der Waals surface area contributed by atoms with Crippen LogP contribution in [0.3, 0.4) is 0 Å². The quantitative estimate of drug-likeness (QED) is 0.111. The molecule has 0 aromatic rings. The number of nitrogens with one attached hydrogen (secondary N) is 1. The van der Waals surface area contributed by atoms with Crippen molar-refractivity contribution in [1.29, 1.82) is 0 Å². The highest BCUT2D eigenvalue weighted by atomic mass is 16.9. The molecule has 4 atom stereocenters. The number of nitrogens with two attached hydrogens (primary N) is 2. The molecule has 106 valence electrons. The molecule has 0 saturated carbocycles. The van der Waals surface area contributed by atoms with Crippen molar-refractivity contribution in [2.24, 2.45) is 16.6 Å². The summed E-state index contributed by atoms with van der Waals surface area (Å²) in [5, 5.41) is 44.8. The molecule has 1 aliphatic rings. The minimum absolute atomic E-state index is 0.101. The molecule has 1 rings (SSSR count). The van der Waals surface area contributed by atoms with Crippen molar-refractivity contribution in [3.8, 4) is 0 Å². The third kappa shape index (κ3) is 6.00. The maximum absolute atomic E-state index is 9.37. The lowest BCUT2D eigenvalue weighted by Gasteiger charge is -2.34. The predicted molar refractivity (Wildman–Crippen MR) is 55.5 cm³/mol. The number of aliphatic hydroxyl groups excluding tert-OH is 3. The van der Waals surface area contributed by atoms with Gasteiger partial charge in [-0.3, -0.25) is 5.43 Å². The van der Waals surface area contributed by atoms with E-state index in [1.165, 1.54) is 0 Å². The molecular weight excluding hydrogens is 254 g/mol. The van der Waals surface area contributed by atoms with E-state index >= 15 is 0 Å². The minimum atomic E-state index is -1.50. The van der Waals surface area contributed by atoms with E-state index in [4.69, 9.17) is 36.6 Å². The monoisotopic (exact) mass is 269 g/mol. The van der Waals surface area contributed by atoms with Crippen molar-refractivity contribution >= 4 is 5.96 Å². The summed E-state index contributed by atoms with van der Waals surface area (Å²) < 4.78 is 4.93. The summed E-state index contributed by atoms with van der Waals surface area (Å²) in [6.07, 6.45) is -4.62. The molecule has 0 unspecified atom stereocenters. The summed E-state index contributed by atoms with van der Waals surface area (Å²) in [5.41, 5.74) is 12.4. The Kier molecular flexibility index (Phi) is 6.66. The van der Waals surface area contributed by atoms with E-state index in [1.54, 1.807) is 0 Å². The van der Waals surface area contributed by atoms with E-state index in [0.717, 1.165) is 0 Å². The van der Waals surface area contributed by atoms with Crippen molar-refractivity contribution in [1.82, 2.24) is 5.43 Å². The number of ether oxygens (including phenoxy) is 1.